The maximum absolute atomic E-state index is 12.4. The van der Waals surface area contributed by atoms with E-state index < -0.39 is 30.2 Å². The molecule has 2 atom stereocenters. The van der Waals surface area contributed by atoms with Crippen molar-refractivity contribution in [1.82, 2.24) is 16.1 Å². The Morgan fingerprint density at radius 1 is 1.16 bits per heavy atom. The molecule has 13 nitrogen and oxygen atoms in total. The smallest absolute Gasteiger partial charge is 0.344 e. The Hall–Kier alpha value is -4.01. The Labute approximate surface area is 261 Å². The number of aliphatic hydroxyl groups excluding tert-OH is 1. The number of aliphatic hydroxyl groups is 1. The maximum atomic E-state index is 12.4. The van der Waals surface area contributed by atoms with E-state index in [0.29, 0.717) is 39.4 Å². The molecule has 0 aromatic heterocycles. The van der Waals surface area contributed by atoms with E-state index in [2.05, 4.69) is 37.1 Å². The van der Waals surface area contributed by atoms with Crippen LogP contribution in [0.5, 0.6) is 17.2 Å². The molecule has 15 heteroatoms. The third-order valence-corrected chi connectivity index (χ3v) is 6.64. The fourth-order valence-corrected chi connectivity index (χ4v) is 4.93. The molecular formula is C28H32BrClN4O9. The van der Waals surface area contributed by atoms with Gasteiger partial charge in [-0.05, 0) is 72.1 Å². The van der Waals surface area contributed by atoms with Gasteiger partial charge >= 0.3 is 18.0 Å². The predicted octanol–water partition coefficient (Wildman–Crippen LogP) is 3.56. The molecule has 4 N–H and O–H groups in total. The first-order valence-electron chi connectivity index (χ1n) is 13.1. The number of benzene rings is 2. The first-order chi connectivity index (χ1) is 20.6. The van der Waals surface area contributed by atoms with Gasteiger partial charge in [0.05, 0.1) is 47.6 Å². The summed E-state index contributed by atoms with van der Waals surface area (Å²) in [5.41, 5.74) is 4.33. The number of hydrogen-bond acceptors (Lipinski definition) is 11. The quantitative estimate of drug-likeness (QED) is 0.100. The normalized spacial score (nSPS) is 15.3. The van der Waals surface area contributed by atoms with Crippen LogP contribution in [0.4, 0.5) is 4.79 Å². The molecule has 0 spiro atoms. The summed E-state index contributed by atoms with van der Waals surface area (Å²) in [6.45, 7) is 5.17. The number of nitrogens with zero attached hydrogens (tertiary/aromatic N) is 1. The van der Waals surface area contributed by atoms with Crippen molar-refractivity contribution in [2.24, 2.45) is 5.10 Å². The number of rotatable bonds is 14. The first kappa shape index (κ1) is 33.5. The molecule has 1 aliphatic rings. The number of methoxy groups -OCH3 is 1. The summed E-state index contributed by atoms with van der Waals surface area (Å²) >= 11 is 9.64. The summed E-state index contributed by atoms with van der Waals surface area (Å²) in [6, 6.07) is 6.93. The second kappa shape index (κ2) is 16.0. The topological polar surface area (TPSA) is 166 Å². The van der Waals surface area contributed by atoms with Crippen LogP contribution in [-0.2, 0) is 19.1 Å². The molecule has 2 aromatic rings. The molecule has 0 unspecified atom stereocenters. The van der Waals surface area contributed by atoms with Crippen LogP contribution in [0.3, 0.4) is 0 Å². The zero-order valence-electron chi connectivity index (χ0n) is 23.9. The van der Waals surface area contributed by atoms with Crippen molar-refractivity contribution < 1.29 is 43.2 Å². The van der Waals surface area contributed by atoms with E-state index in [0.717, 1.165) is 0 Å². The van der Waals surface area contributed by atoms with Gasteiger partial charge in [0.1, 0.15) is 6.61 Å². The summed E-state index contributed by atoms with van der Waals surface area (Å²) in [6.07, 6.45) is 0.230. The molecule has 1 aliphatic heterocycles. The molecule has 1 heterocycles. The largest absolute Gasteiger partial charge is 0.490 e. The van der Waals surface area contributed by atoms with E-state index in [1.54, 1.807) is 51.1 Å². The molecule has 0 aliphatic carbocycles. The van der Waals surface area contributed by atoms with Crippen LogP contribution in [0.1, 0.15) is 37.9 Å². The highest BCUT2D eigenvalue weighted by Gasteiger charge is 2.32. The van der Waals surface area contributed by atoms with Crippen molar-refractivity contribution in [1.29, 1.82) is 0 Å². The van der Waals surface area contributed by atoms with Crippen LogP contribution in [0.15, 0.2) is 51.2 Å². The number of esters is 2. The maximum Gasteiger partial charge on any atom is 0.344 e. The second-order valence-corrected chi connectivity index (χ2v) is 10.1. The Morgan fingerprint density at radius 3 is 2.60 bits per heavy atom. The fourth-order valence-electron chi connectivity index (χ4n) is 3.95. The van der Waals surface area contributed by atoms with E-state index in [1.807, 2.05) is 0 Å². The second-order valence-electron chi connectivity index (χ2n) is 8.82. The Balaban J connectivity index is 1.64. The SMILES string of the molecule is CCOC(=O)COc1c(Cl)cc(/C=N\N[C@H](O)COc2ccc([C@@H]3NC(=O)NC(C)=C3C(=O)OC)cc2OCC)cc1Br. The van der Waals surface area contributed by atoms with Gasteiger partial charge < -0.3 is 39.4 Å². The number of carbonyl (C=O) groups is 3. The van der Waals surface area contributed by atoms with Gasteiger partial charge in [0.25, 0.3) is 0 Å². The third-order valence-electron chi connectivity index (χ3n) is 5.77. The standard InChI is InChI=1S/C28H32BrClN4O9/c1-5-40-21-11-17(25-24(27(37)39-4)15(3)32-28(38)33-25)7-8-20(21)42-13-22(35)34-31-12-16-9-18(29)26(19(30)10-16)43-14-23(36)41-6-2/h7-12,22,25,34-35H,5-6,13-14H2,1-4H3,(H2,32,33,38)/b31-12-/t22-,25+/m1/s1. The van der Waals surface area contributed by atoms with Gasteiger partial charge in [-0.1, -0.05) is 17.7 Å². The predicted molar refractivity (Wildman–Crippen MR) is 160 cm³/mol. The Bertz CT molecular complexity index is 1380. The van der Waals surface area contributed by atoms with E-state index in [1.165, 1.54) is 13.3 Å². The van der Waals surface area contributed by atoms with Gasteiger partial charge in [0, 0.05) is 5.70 Å². The number of allylic oxidation sites excluding steroid dienone is 1. The number of hydrogen-bond donors (Lipinski definition) is 4. The molecule has 0 saturated heterocycles. The summed E-state index contributed by atoms with van der Waals surface area (Å²) in [4.78, 5) is 36.1. The van der Waals surface area contributed by atoms with Gasteiger partial charge in [0.15, 0.2) is 30.1 Å². The summed E-state index contributed by atoms with van der Waals surface area (Å²) in [7, 11) is 1.26. The number of nitrogens with one attached hydrogen (secondary N) is 3. The van der Waals surface area contributed by atoms with Gasteiger partial charge in [-0.3, -0.25) is 5.43 Å². The van der Waals surface area contributed by atoms with Crippen LogP contribution in [-0.4, -0.2) is 69.1 Å². The van der Waals surface area contributed by atoms with Crippen molar-refractivity contribution >= 4 is 51.7 Å². The Morgan fingerprint density at radius 2 is 1.93 bits per heavy atom. The highest BCUT2D eigenvalue weighted by Crippen LogP contribution is 2.35. The van der Waals surface area contributed by atoms with Gasteiger partial charge in [-0.15, -0.1) is 0 Å². The number of amides is 2. The van der Waals surface area contributed by atoms with E-state index >= 15 is 0 Å². The molecule has 0 fully saturated rings. The van der Waals surface area contributed by atoms with Crippen molar-refractivity contribution in [3.63, 3.8) is 0 Å². The molecule has 0 bridgehead atoms. The summed E-state index contributed by atoms with van der Waals surface area (Å²) in [5.74, 6) is -0.160. The number of hydrazone groups is 1. The lowest BCUT2D eigenvalue weighted by Gasteiger charge is -2.28. The first-order valence-corrected chi connectivity index (χ1v) is 14.2. The van der Waals surface area contributed by atoms with Crippen LogP contribution in [0.2, 0.25) is 5.02 Å². The lowest BCUT2D eigenvalue weighted by Crippen LogP contribution is -2.45. The van der Waals surface area contributed by atoms with Crippen molar-refractivity contribution in [3.8, 4) is 17.2 Å². The van der Waals surface area contributed by atoms with Crippen LogP contribution in [0.25, 0.3) is 0 Å². The Kier molecular flexibility index (Phi) is 12.5. The van der Waals surface area contributed by atoms with E-state index in [4.69, 9.17) is 35.3 Å². The molecule has 232 valence electrons. The minimum absolute atomic E-state index is 0.196. The monoisotopic (exact) mass is 682 g/mol. The minimum Gasteiger partial charge on any atom is -0.490 e. The minimum atomic E-state index is -1.20. The van der Waals surface area contributed by atoms with Crippen LogP contribution in [0, 0.1) is 0 Å². The van der Waals surface area contributed by atoms with Crippen molar-refractivity contribution in [2.75, 3.05) is 33.5 Å². The third kappa shape index (κ3) is 9.24. The molecule has 3 rings (SSSR count). The number of halogens is 2. The molecule has 43 heavy (non-hydrogen) atoms. The van der Waals surface area contributed by atoms with Crippen LogP contribution >= 0.6 is 27.5 Å². The molecule has 0 radical (unpaired) electrons. The lowest BCUT2D eigenvalue weighted by molar-refractivity contribution is -0.145. The highest BCUT2D eigenvalue weighted by molar-refractivity contribution is 9.10. The summed E-state index contributed by atoms with van der Waals surface area (Å²) < 4.78 is 27.1. The van der Waals surface area contributed by atoms with E-state index in [-0.39, 0.29) is 36.2 Å². The van der Waals surface area contributed by atoms with Crippen LogP contribution < -0.4 is 30.3 Å². The summed E-state index contributed by atoms with van der Waals surface area (Å²) in [5, 5.41) is 19.9. The van der Waals surface area contributed by atoms with Gasteiger partial charge in [0.2, 0.25) is 0 Å². The highest BCUT2D eigenvalue weighted by atomic mass is 79.9. The van der Waals surface area contributed by atoms with E-state index in [9.17, 15) is 19.5 Å². The molecule has 2 amide bonds. The molecule has 0 saturated carbocycles. The average Bonchev–Trinajstić information content (AvgIpc) is 2.95. The molecule has 2 aromatic carbocycles. The number of ether oxygens (including phenoxy) is 5. The van der Waals surface area contributed by atoms with Crippen molar-refractivity contribution in [2.45, 2.75) is 33.0 Å². The number of carbonyl (C=O) groups excluding carboxylic acids is 3. The lowest BCUT2D eigenvalue weighted by atomic mass is 9.95. The average molecular weight is 684 g/mol. The van der Waals surface area contributed by atoms with Crippen molar-refractivity contribution in [3.05, 3.63) is 62.2 Å². The fraction of sp³-hybridized carbons (Fsp3) is 0.357. The van der Waals surface area contributed by atoms with Gasteiger partial charge in [-0.25, -0.2) is 14.4 Å². The van der Waals surface area contributed by atoms with Gasteiger partial charge in [-0.2, -0.15) is 5.10 Å². The molecular weight excluding hydrogens is 652 g/mol. The number of urea groups is 1. The zero-order chi connectivity index (χ0) is 31.5. The zero-order valence-corrected chi connectivity index (χ0v) is 26.2.